The van der Waals surface area contributed by atoms with Crippen molar-refractivity contribution >= 4 is 17.8 Å². The molecule has 2 aromatic carbocycles. The quantitative estimate of drug-likeness (QED) is 0.453. The summed E-state index contributed by atoms with van der Waals surface area (Å²) in [6, 6.07) is 9.49. The van der Waals surface area contributed by atoms with Crippen molar-refractivity contribution in [2.45, 2.75) is 31.8 Å². The zero-order chi connectivity index (χ0) is 27.0. The van der Waals surface area contributed by atoms with Crippen LogP contribution in [0.3, 0.4) is 0 Å². The SMILES string of the molecule is COc1ccc(CC2c3cc(OC)c(OC)cc3CCN2C(C)C(N)=O)cc1OC.O=C(O)C(=O)O. The Morgan fingerprint density at radius 2 is 1.44 bits per heavy atom. The predicted molar refractivity (Wildman–Crippen MR) is 130 cm³/mol. The molecule has 11 nitrogen and oxygen atoms in total. The zero-order valence-electron chi connectivity index (χ0n) is 20.9. The van der Waals surface area contributed by atoms with E-state index in [0.717, 1.165) is 24.1 Å². The minimum absolute atomic E-state index is 0.0471. The normalized spacial score (nSPS) is 15.4. The summed E-state index contributed by atoms with van der Waals surface area (Å²) in [6.07, 6.45) is 1.48. The molecule has 0 saturated carbocycles. The summed E-state index contributed by atoms with van der Waals surface area (Å²) in [6.45, 7) is 2.58. The lowest BCUT2D eigenvalue weighted by atomic mass is 9.87. The van der Waals surface area contributed by atoms with Crippen LogP contribution in [0.1, 0.15) is 29.7 Å². The van der Waals surface area contributed by atoms with Crippen molar-refractivity contribution in [3.8, 4) is 23.0 Å². The number of nitrogens with zero attached hydrogens (tertiary/aromatic N) is 1. The van der Waals surface area contributed by atoms with Gasteiger partial charge in [0.05, 0.1) is 34.5 Å². The van der Waals surface area contributed by atoms with Crippen LogP contribution in [0, 0.1) is 0 Å². The van der Waals surface area contributed by atoms with Crippen LogP contribution in [0.4, 0.5) is 0 Å². The summed E-state index contributed by atoms with van der Waals surface area (Å²) < 4.78 is 21.8. The average molecular weight is 505 g/mol. The number of methoxy groups -OCH3 is 4. The largest absolute Gasteiger partial charge is 0.493 e. The smallest absolute Gasteiger partial charge is 0.414 e. The second-order valence-electron chi connectivity index (χ2n) is 7.99. The number of carbonyl (C=O) groups is 3. The maximum Gasteiger partial charge on any atom is 0.414 e. The van der Waals surface area contributed by atoms with Gasteiger partial charge in [0, 0.05) is 12.6 Å². The Kier molecular flexibility index (Phi) is 9.92. The van der Waals surface area contributed by atoms with Crippen LogP contribution >= 0.6 is 0 Å². The molecular formula is C25H32N2O9. The van der Waals surface area contributed by atoms with Gasteiger partial charge in [0.25, 0.3) is 0 Å². The predicted octanol–water partition coefficient (Wildman–Crippen LogP) is 1.89. The first-order valence-electron chi connectivity index (χ1n) is 11.0. The Labute approximate surface area is 209 Å². The molecule has 1 heterocycles. The number of carboxylic acids is 2. The fraction of sp³-hybridized carbons (Fsp3) is 0.400. The second-order valence-corrected chi connectivity index (χ2v) is 7.99. The Morgan fingerprint density at radius 1 is 0.917 bits per heavy atom. The molecule has 4 N–H and O–H groups in total. The van der Waals surface area contributed by atoms with Gasteiger partial charge in [-0.15, -0.1) is 0 Å². The highest BCUT2D eigenvalue weighted by Gasteiger charge is 2.34. The van der Waals surface area contributed by atoms with Gasteiger partial charge < -0.3 is 34.9 Å². The van der Waals surface area contributed by atoms with Crippen LogP contribution in [0.2, 0.25) is 0 Å². The molecule has 0 fully saturated rings. The third-order valence-corrected chi connectivity index (χ3v) is 6.01. The van der Waals surface area contributed by atoms with E-state index in [9.17, 15) is 4.79 Å². The van der Waals surface area contributed by atoms with Crippen LogP contribution in [0.15, 0.2) is 30.3 Å². The molecule has 0 aliphatic carbocycles. The van der Waals surface area contributed by atoms with Crippen LogP contribution in [-0.2, 0) is 27.2 Å². The van der Waals surface area contributed by atoms with Crippen LogP contribution in [-0.4, -0.2) is 74.0 Å². The van der Waals surface area contributed by atoms with Gasteiger partial charge in [-0.3, -0.25) is 9.69 Å². The molecule has 2 unspecified atom stereocenters. The average Bonchev–Trinajstić information content (AvgIpc) is 2.87. The highest BCUT2D eigenvalue weighted by molar-refractivity contribution is 6.27. The van der Waals surface area contributed by atoms with Crippen molar-refractivity contribution in [2.75, 3.05) is 35.0 Å². The van der Waals surface area contributed by atoms with E-state index in [0.29, 0.717) is 29.4 Å². The lowest BCUT2D eigenvalue weighted by molar-refractivity contribution is -0.159. The molecule has 0 spiro atoms. The molecule has 11 heteroatoms. The number of carbonyl (C=O) groups excluding carboxylic acids is 1. The van der Waals surface area contributed by atoms with Gasteiger partial charge in [-0.25, -0.2) is 9.59 Å². The van der Waals surface area contributed by atoms with Gasteiger partial charge in [0.2, 0.25) is 5.91 Å². The van der Waals surface area contributed by atoms with Crippen molar-refractivity contribution in [1.82, 2.24) is 4.90 Å². The van der Waals surface area contributed by atoms with Gasteiger partial charge >= 0.3 is 11.9 Å². The van der Waals surface area contributed by atoms with E-state index in [1.165, 1.54) is 5.56 Å². The number of amides is 1. The molecule has 2 aromatic rings. The van der Waals surface area contributed by atoms with Crippen molar-refractivity contribution in [3.05, 3.63) is 47.0 Å². The molecule has 1 aliphatic heterocycles. The summed E-state index contributed by atoms with van der Waals surface area (Å²) >= 11 is 0. The number of fused-ring (bicyclic) bond motifs is 1. The Bertz CT molecular complexity index is 1090. The molecule has 3 rings (SSSR count). The maximum atomic E-state index is 12.0. The van der Waals surface area contributed by atoms with E-state index in [2.05, 4.69) is 4.90 Å². The van der Waals surface area contributed by atoms with E-state index in [1.807, 2.05) is 37.3 Å². The summed E-state index contributed by atoms with van der Waals surface area (Å²) in [4.78, 5) is 32.4. The van der Waals surface area contributed by atoms with E-state index < -0.39 is 18.0 Å². The second kappa shape index (κ2) is 12.6. The third-order valence-electron chi connectivity index (χ3n) is 6.01. The topological polar surface area (TPSA) is 158 Å². The highest BCUT2D eigenvalue weighted by atomic mass is 16.5. The summed E-state index contributed by atoms with van der Waals surface area (Å²) in [7, 11) is 6.50. The summed E-state index contributed by atoms with van der Waals surface area (Å²) in [5, 5.41) is 14.8. The van der Waals surface area contributed by atoms with Crippen molar-refractivity contribution < 1.29 is 43.5 Å². The molecule has 0 radical (unpaired) electrons. The standard InChI is InChI=1S/C23H30N2O5.C2H2O4/c1-14(23(24)26)25-9-8-16-12-21(29-4)22(30-5)13-17(16)18(25)10-15-6-7-19(27-2)20(11-15)28-3;3-1(4)2(5)6/h6-7,11-14,18H,8-10H2,1-5H3,(H2,24,26);(H,3,4)(H,5,6). The number of carboxylic acid groups (broad SMARTS) is 2. The van der Waals surface area contributed by atoms with Crippen LogP contribution < -0.4 is 24.7 Å². The molecule has 0 aromatic heterocycles. The van der Waals surface area contributed by atoms with Gasteiger partial charge in [0.15, 0.2) is 23.0 Å². The minimum Gasteiger partial charge on any atom is -0.493 e. The van der Waals surface area contributed by atoms with Gasteiger partial charge in [-0.05, 0) is 60.7 Å². The van der Waals surface area contributed by atoms with Crippen molar-refractivity contribution in [2.24, 2.45) is 5.73 Å². The first kappa shape index (κ1) is 28.2. The lowest BCUT2D eigenvalue weighted by Gasteiger charge is -2.40. The van der Waals surface area contributed by atoms with Crippen LogP contribution in [0.25, 0.3) is 0 Å². The fourth-order valence-electron chi connectivity index (χ4n) is 4.13. The number of nitrogens with two attached hydrogens (primary N) is 1. The molecule has 36 heavy (non-hydrogen) atoms. The van der Waals surface area contributed by atoms with E-state index in [4.69, 9.17) is 44.5 Å². The molecule has 1 amide bonds. The van der Waals surface area contributed by atoms with E-state index in [1.54, 1.807) is 28.4 Å². The lowest BCUT2D eigenvalue weighted by Crippen LogP contribution is -2.48. The Hall–Kier alpha value is -3.99. The first-order chi connectivity index (χ1) is 17.1. The van der Waals surface area contributed by atoms with E-state index in [-0.39, 0.29) is 11.9 Å². The fourth-order valence-corrected chi connectivity index (χ4v) is 4.13. The monoisotopic (exact) mass is 504 g/mol. The van der Waals surface area contributed by atoms with Gasteiger partial charge in [-0.1, -0.05) is 6.07 Å². The Balaban J connectivity index is 0.000000678. The molecule has 2 atom stereocenters. The maximum absolute atomic E-state index is 12.0. The first-order valence-corrected chi connectivity index (χ1v) is 11.0. The number of hydrogen-bond donors (Lipinski definition) is 3. The highest BCUT2D eigenvalue weighted by Crippen LogP contribution is 2.41. The summed E-state index contributed by atoms with van der Waals surface area (Å²) in [5.41, 5.74) is 9.04. The molecular weight excluding hydrogens is 472 g/mol. The minimum atomic E-state index is -1.82. The number of hydrogen-bond acceptors (Lipinski definition) is 8. The molecule has 1 aliphatic rings. The third kappa shape index (κ3) is 6.57. The van der Waals surface area contributed by atoms with Gasteiger partial charge in [0.1, 0.15) is 0 Å². The Morgan fingerprint density at radius 3 is 1.94 bits per heavy atom. The number of rotatable bonds is 8. The number of primary amides is 1. The van der Waals surface area contributed by atoms with Crippen LogP contribution in [0.5, 0.6) is 23.0 Å². The van der Waals surface area contributed by atoms with E-state index >= 15 is 0 Å². The number of aliphatic carboxylic acids is 2. The van der Waals surface area contributed by atoms with Gasteiger partial charge in [-0.2, -0.15) is 0 Å². The number of ether oxygens (including phenoxy) is 4. The molecule has 0 saturated heterocycles. The molecule has 0 bridgehead atoms. The molecule has 196 valence electrons. The zero-order valence-corrected chi connectivity index (χ0v) is 20.9. The van der Waals surface area contributed by atoms with Crippen molar-refractivity contribution in [1.29, 1.82) is 0 Å². The number of benzene rings is 2. The summed E-state index contributed by atoms with van der Waals surface area (Å²) in [5.74, 6) is -1.26. The van der Waals surface area contributed by atoms with Crippen molar-refractivity contribution in [3.63, 3.8) is 0 Å².